The van der Waals surface area contributed by atoms with Gasteiger partial charge in [0.2, 0.25) is 6.29 Å². The summed E-state index contributed by atoms with van der Waals surface area (Å²) in [5, 5.41) is 150. The number of hydrogen-bond acceptors (Lipinski definition) is 23. The molecule has 0 radical (unpaired) electrons. The van der Waals surface area contributed by atoms with Crippen molar-refractivity contribution in [1.29, 1.82) is 0 Å². The first-order valence-electron chi connectivity index (χ1n) is 27.3. The zero-order valence-electron chi connectivity index (χ0n) is 44.6. The van der Waals surface area contributed by atoms with Crippen molar-refractivity contribution >= 4 is 5.97 Å². The smallest absolute Gasteiger partial charge is 0.317 e. The Hall–Kier alpha value is -1.63. The van der Waals surface area contributed by atoms with E-state index in [1.54, 1.807) is 0 Å². The van der Waals surface area contributed by atoms with Gasteiger partial charge in [-0.2, -0.15) is 0 Å². The van der Waals surface area contributed by atoms with Gasteiger partial charge < -0.3 is 109 Å². The van der Waals surface area contributed by atoms with Crippen LogP contribution in [0.15, 0.2) is 11.6 Å². The molecule has 8 fully saturated rings. The molecule has 436 valence electrons. The second-order valence-electron chi connectivity index (χ2n) is 25.9. The van der Waals surface area contributed by atoms with E-state index in [9.17, 15) is 76.3 Å². The van der Waals surface area contributed by atoms with Gasteiger partial charge in [0, 0.05) is 0 Å². The van der Waals surface area contributed by atoms with Crippen LogP contribution < -0.4 is 0 Å². The average Bonchev–Trinajstić information content (AvgIpc) is 3.39. The Morgan fingerprint density at radius 3 is 1.66 bits per heavy atom. The fourth-order valence-electron chi connectivity index (χ4n) is 16.3. The predicted molar refractivity (Wildman–Crippen MR) is 258 cm³/mol. The Balaban J connectivity index is 0.987. The Bertz CT molecular complexity index is 2090. The summed E-state index contributed by atoms with van der Waals surface area (Å²) < 4.78 is 48.5. The quantitative estimate of drug-likeness (QED) is 0.0581. The van der Waals surface area contributed by atoms with Gasteiger partial charge in [0.25, 0.3) is 0 Å². The van der Waals surface area contributed by atoms with Gasteiger partial charge >= 0.3 is 5.97 Å². The van der Waals surface area contributed by atoms with E-state index in [1.165, 1.54) is 0 Å². The van der Waals surface area contributed by atoms with E-state index in [-0.39, 0.29) is 34.5 Å². The van der Waals surface area contributed by atoms with Gasteiger partial charge in [-0.05, 0) is 103 Å². The number of hydrogen-bond donors (Lipinski definition) is 14. The van der Waals surface area contributed by atoms with Crippen molar-refractivity contribution in [1.82, 2.24) is 0 Å². The third kappa shape index (κ3) is 9.37. The normalized spacial score (nSPS) is 54.0. The molecule has 0 aromatic rings. The second kappa shape index (κ2) is 21.3. The van der Waals surface area contributed by atoms with Crippen LogP contribution in [0.3, 0.4) is 0 Å². The summed E-state index contributed by atoms with van der Waals surface area (Å²) in [4.78, 5) is 14.8. The maximum absolute atomic E-state index is 14.8. The molecule has 4 aliphatic heterocycles. The van der Waals surface area contributed by atoms with Gasteiger partial charge in [-0.3, -0.25) is 4.79 Å². The molecule has 14 N–H and O–H groups in total. The minimum atomic E-state index is -1.89. The number of allylic oxidation sites excluding steroid dienone is 2. The molecule has 0 bridgehead atoms. The van der Waals surface area contributed by atoms with Crippen molar-refractivity contribution in [3.05, 3.63) is 11.6 Å². The van der Waals surface area contributed by atoms with Crippen LogP contribution in [-0.4, -0.2) is 233 Å². The highest BCUT2D eigenvalue weighted by Gasteiger charge is 2.72. The summed E-state index contributed by atoms with van der Waals surface area (Å²) >= 11 is 0. The minimum absolute atomic E-state index is 0.0327. The Kier molecular flexibility index (Phi) is 16.5. The third-order valence-corrected chi connectivity index (χ3v) is 21.1. The van der Waals surface area contributed by atoms with Gasteiger partial charge in [0.05, 0.1) is 38.6 Å². The number of aliphatic hydroxyl groups excluding tert-OH is 14. The van der Waals surface area contributed by atoms with E-state index < -0.39 is 183 Å². The molecule has 4 saturated heterocycles. The van der Waals surface area contributed by atoms with Crippen molar-refractivity contribution in [2.24, 2.45) is 50.2 Å². The number of ether oxygens (including phenoxy) is 8. The molecular weight excluding hydrogens is 1000 g/mol. The third-order valence-electron chi connectivity index (χ3n) is 21.1. The highest BCUT2D eigenvalue weighted by atomic mass is 16.8. The largest absolute Gasteiger partial charge is 0.432 e. The molecule has 23 nitrogen and oxygen atoms in total. The predicted octanol–water partition coefficient (Wildman–Crippen LogP) is -2.43. The molecule has 0 aromatic heterocycles. The molecule has 23 heteroatoms. The lowest BCUT2D eigenvalue weighted by molar-refractivity contribution is -0.389. The molecule has 9 rings (SSSR count). The summed E-state index contributed by atoms with van der Waals surface area (Å²) in [5.74, 6) is -1.10. The molecule has 0 amide bonds. The lowest BCUT2D eigenvalue weighted by Gasteiger charge is -2.71. The van der Waals surface area contributed by atoms with Crippen LogP contribution in [0.1, 0.15) is 106 Å². The zero-order valence-corrected chi connectivity index (χ0v) is 44.6. The van der Waals surface area contributed by atoms with Crippen LogP contribution in [0.4, 0.5) is 0 Å². The lowest BCUT2D eigenvalue weighted by atomic mass is 9.33. The number of esters is 1. The molecule has 5 aliphatic carbocycles. The van der Waals surface area contributed by atoms with Crippen molar-refractivity contribution in [3.8, 4) is 0 Å². The van der Waals surface area contributed by atoms with Gasteiger partial charge in [-0.25, -0.2) is 0 Å². The van der Waals surface area contributed by atoms with Gasteiger partial charge in [-0.1, -0.05) is 60.1 Å². The van der Waals surface area contributed by atoms with Crippen molar-refractivity contribution in [2.75, 3.05) is 26.4 Å². The highest BCUT2D eigenvalue weighted by Crippen LogP contribution is 2.76. The van der Waals surface area contributed by atoms with Crippen LogP contribution in [0, 0.1) is 50.2 Å². The van der Waals surface area contributed by atoms with E-state index >= 15 is 0 Å². The molecule has 4 saturated carbocycles. The van der Waals surface area contributed by atoms with E-state index in [0.29, 0.717) is 38.5 Å². The van der Waals surface area contributed by atoms with E-state index in [1.807, 2.05) is 0 Å². The summed E-state index contributed by atoms with van der Waals surface area (Å²) in [5.41, 5.74) is -2.41. The molecule has 9 aliphatic rings. The second-order valence-corrected chi connectivity index (χ2v) is 25.9. The standard InChI is InChI=1S/C53H86O23/c1-48(2)14-15-53(47(68)76-45-40(67)37(64)34(61)27(20-56)72-45)23(16-48)22-8-9-29-50(5)12-11-31(49(3,4)28(50)10-13-51(29,6)52(22,7)17-30(53)58)73-46-42(75-44-39(66)36(63)33(60)26(19-55)71-44)41(24(57)21-69-46)74-43-38(65)35(62)32(59)25(18-54)70-43/h8,23-46,54-67H,9-21H2,1-7H3/t23-,24+,25-,26-,27-,28-,29-,30-,31+,32-,33-,34-,35+,36+,37+,38-,39-,40-,41+,42-,43+,44+,45+,46+,50+,51-,52-,53-/m1/s1. The average molecular weight is 1090 g/mol. The molecule has 76 heavy (non-hydrogen) atoms. The Morgan fingerprint density at radius 1 is 0.579 bits per heavy atom. The topological polar surface area (TPSA) is 374 Å². The van der Waals surface area contributed by atoms with Crippen molar-refractivity contribution in [3.63, 3.8) is 0 Å². The van der Waals surface area contributed by atoms with Crippen LogP contribution in [0.5, 0.6) is 0 Å². The molecule has 0 unspecified atom stereocenters. The van der Waals surface area contributed by atoms with Crippen LogP contribution in [0.2, 0.25) is 0 Å². The van der Waals surface area contributed by atoms with E-state index in [0.717, 1.165) is 18.4 Å². The minimum Gasteiger partial charge on any atom is -0.432 e. The fourth-order valence-corrected chi connectivity index (χ4v) is 16.3. The number of carbonyl (C=O) groups excluding carboxylic acids is 1. The summed E-state index contributed by atoms with van der Waals surface area (Å²) in [6.07, 6.45) is -25.7. The van der Waals surface area contributed by atoms with Crippen molar-refractivity contribution in [2.45, 2.75) is 235 Å². The van der Waals surface area contributed by atoms with Crippen LogP contribution in [0.25, 0.3) is 0 Å². The fraction of sp³-hybridized carbons (Fsp3) is 0.943. The maximum atomic E-state index is 14.8. The van der Waals surface area contributed by atoms with Gasteiger partial charge in [0.15, 0.2) is 18.9 Å². The highest BCUT2D eigenvalue weighted by molar-refractivity contribution is 5.80. The van der Waals surface area contributed by atoms with Crippen molar-refractivity contribution < 1.29 is 114 Å². The zero-order chi connectivity index (χ0) is 55.6. The first kappa shape index (κ1) is 59.0. The molecule has 4 heterocycles. The first-order chi connectivity index (χ1) is 35.6. The molecular formula is C53H86O23. The maximum Gasteiger partial charge on any atom is 0.317 e. The number of fused-ring (bicyclic) bond motifs is 7. The van der Waals surface area contributed by atoms with Gasteiger partial charge in [0.1, 0.15) is 97.0 Å². The van der Waals surface area contributed by atoms with Crippen LogP contribution >= 0.6 is 0 Å². The van der Waals surface area contributed by atoms with E-state index in [4.69, 9.17) is 37.9 Å². The van der Waals surface area contributed by atoms with Crippen LogP contribution in [-0.2, 0) is 42.7 Å². The van der Waals surface area contributed by atoms with Gasteiger partial charge in [-0.15, -0.1) is 0 Å². The lowest BCUT2D eigenvalue weighted by Crippen LogP contribution is -2.68. The molecule has 28 atom stereocenters. The SMILES string of the molecule is CC1(C)CC[C@]2(C(=O)O[C@@H]3O[C@H](CO)[C@@H](O)[C@H](O)[C@H]3O)[C@H](O)C[C@]3(C)C(=CC[C@@H]4[C@@]5(C)CC[C@H](O[C@@H]6OC[C@H](O)[C@H](O[C@@H]7O[C@H](CO)[C@@H](O)[C@H](O)[C@H]7O)[C@H]6O[C@@H]6O[C@H](CO)[C@@H](O)[C@H](O)[C@H]6O)C(C)(C)[C@H]5CC[C@]43C)[C@H]2C1. The summed E-state index contributed by atoms with van der Waals surface area (Å²) in [7, 11) is 0. The number of rotatable bonds is 11. The monoisotopic (exact) mass is 1090 g/mol. The summed E-state index contributed by atoms with van der Waals surface area (Å²) in [6, 6.07) is 0. The molecule has 0 aromatic carbocycles. The Labute approximate surface area is 442 Å². The Morgan fingerprint density at radius 2 is 1.11 bits per heavy atom. The number of carbonyl (C=O) groups is 1. The van der Waals surface area contributed by atoms with E-state index in [2.05, 4.69) is 54.5 Å². The first-order valence-corrected chi connectivity index (χ1v) is 27.3. The molecule has 0 spiro atoms. The number of aliphatic hydroxyl groups is 14. The summed E-state index contributed by atoms with van der Waals surface area (Å²) in [6.45, 7) is 12.8.